The van der Waals surface area contributed by atoms with Crippen LogP contribution in [0.3, 0.4) is 0 Å². The molecule has 1 aliphatic heterocycles. The fraction of sp³-hybridized carbons (Fsp3) is 0.611. The number of amides is 1. The first kappa shape index (κ1) is 17.4. The van der Waals surface area contributed by atoms with E-state index in [0.717, 1.165) is 45.6 Å². The van der Waals surface area contributed by atoms with Crippen molar-refractivity contribution >= 4 is 17.7 Å². The van der Waals surface area contributed by atoms with Crippen LogP contribution in [0.4, 0.5) is 0 Å². The minimum atomic E-state index is 0.180. The summed E-state index contributed by atoms with van der Waals surface area (Å²) in [6, 6.07) is 8.79. The van der Waals surface area contributed by atoms with Crippen LogP contribution < -0.4 is 0 Å². The number of hydrogen-bond donors (Lipinski definition) is 0. The van der Waals surface area contributed by atoms with E-state index in [1.807, 2.05) is 4.90 Å². The summed E-state index contributed by atoms with van der Waals surface area (Å²) in [6.45, 7) is 8.73. The smallest absolute Gasteiger partial charge is 0.226 e. The Morgan fingerprint density at radius 2 is 1.95 bits per heavy atom. The molecule has 1 atom stereocenters. The fourth-order valence-corrected chi connectivity index (χ4v) is 3.59. The van der Waals surface area contributed by atoms with E-state index in [1.165, 1.54) is 10.5 Å². The maximum Gasteiger partial charge on any atom is 0.226 e. The zero-order chi connectivity index (χ0) is 15.9. The van der Waals surface area contributed by atoms with E-state index in [4.69, 9.17) is 0 Å². The molecule has 1 heterocycles. The number of thioether (sulfide) groups is 1. The third kappa shape index (κ3) is 4.50. The summed E-state index contributed by atoms with van der Waals surface area (Å²) in [4.78, 5) is 18.2. The summed E-state index contributed by atoms with van der Waals surface area (Å²) >= 11 is 1.77. The van der Waals surface area contributed by atoms with Gasteiger partial charge in [-0.1, -0.05) is 12.1 Å². The average Bonchev–Trinajstić information content (AvgIpc) is 2.57. The second kappa shape index (κ2) is 8.59. The van der Waals surface area contributed by atoms with Crippen LogP contribution in [0.25, 0.3) is 0 Å². The summed E-state index contributed by atoms with van der Waals surface area (Å²) in [5.41, 5.74) is 1.34. The Hall–Kier alpha value is -1.00. The normalized spacial score (nSPS) is 19.1. The Labute approximate surface area is 139 Å². The average molecular weight is 321 g/mol. The topological polar surface area (TPSA) is 23.6 Å². The van der Waals surface area contributed by atoms with Gasteiger partial charge in [0, 0.05) is 31.1 Å². The summed E-state index contributed by atoms with van der Waals surface area (Å²) < 4.78 is 0. The summed E-state index contributed by atoms with van der Waals surface area (Å²) in [7, 11) is 0. The largest absolute Gasteiger partial charge is 0.343 e. The van der Waals surface area contributed by atoms with E-state index >= 15 is 0 Å². The number of benzene rings is 1. The van der Waals surface area contributed by atoms with Gasteiger partial charge in [0.1, 0.15) is 0 Å². The number of hydrogen-bond acceptors (Lipinski definition) is 3. The first-order chi connectivity index (χ1) is 10.7. The van der Waals surface area contributed by atoms with Gasteiger partial charge in [0.05, 0.1) is 5.92 Å². The molecule has 0 aliphatic carbocycles. The minimum absolute atomic E-state index is 0.180. The van der Waals surface area contributed by atoms with Gasteiger partial charge in [0.15, 0.2) is 0 Å². The van der Waals surface area contributed by atoms with Gasteiger partial charge < -0.3 is 4.90 Å². The van der Waals surface area contributed by atoms with Gasteiger partial charge in [-0.05, 0) is 57.2 Å². The van der Waals surface area contributed by atoms with Crippen molar-refractivity contribution in [3.63, 3.8) is 0 Å². The minimum Gasteiger partial charge on any atom is -0.343 e. The molecule has 122 valence electrons. The van der Waals surface area contributed by atoms with E-state index in [0.29, 0.717) is 5.91 Å². The van der Waals surface area contributed by atoms with Crippen LogP contribution in [0.15, 0.2) is 29.2 Å². The van der Waals surface area contributed by atoms with Crippen molar-refractivity contribution in [3.05, 3.63) is 29.8 Å². The molecule has 1 aliphatic rings. The molecule has 0 N–H and O–H groups in total. The van der Waals surface area contributed by atoms with Gasteiger partial charge in [-0.15, -0.1) is 11.8 Å². The van der Waals surface area contributed by atoms with Crippen LogP contribution in [0.5, 0.6) is 0 Å². The quantitative estimate of drug-likeness (QED) is 0.750. The van der Waals surface area contributed by atoms with Gasteiger partial charge in [0.25, 0.3) is 0 Å². The molecule has 0 bridgehead atoms. The van der Waals surface area contributed by atoms with Crippen LogP contribution in [0, 0.1) is 5.92 Å². The third-order valence-corrected chi connectivity index (χ3v) is 5.24. The van der Waals surface area contributed by atoms with Crippen LogP contribution in [0.2, 0.25) is 0 Å². The van der Waals surface area contributed by atoms with E-state index in [9.17, 15) is 4.79 Å². The molecule has 3 nitrogen and oxygen atoms in total. The Morgan fingerprint density at radius 3 is 2.55 bits per heavy atom. The molecule has 1 aromatic rings. The second-order valence-corrected chi connectivity index (χ2v) is 6.81. The molecule has 22 heavy (non-hydrogen) atoms. The lowest BCUT2D eigenvalue weighted by molar-refractivity contribution is -0.137. The number of likely N-dealkylation sites (tertiary alicyclic amines) is 1. The van der Waals surface area contributed by atoms with E-state index in [2.05, 4.69) is 49.3 Å². The van der Waals surface area contributed by atoms with Crippen molar-refractivity contribution in [2.45, 2.75) is 38.1 Å². The molecular formula is C18H28N2OS. The van der Waals surface area contributed by atoms with Crippen molar-refractivity contribution in [3.8, 4) is 0 Å². The molecule has 1 saturated heterocycles. The Morgan fingerprint density at radius 1 is 1.27 bits per heavy atom. The van der Waals surface area contributed by atoms with Gasteiger partial charge in [-0.2, -0.15) is 0 Å². The first-order valence-electron chi connectivity index (χ1n) is 8.32. The molecule has 0 unspecified atom stereocenters. The molecule has 0 radical (unpaired) electrons. The van der Waals surface area contributed by atoms with Crippen molar-refractivity contribution in [1.29, 1.82) is 0 Å². The Balaban J connectivity index is 1.93. The highest BCUT2D eigenvalue weighted by molar-refractivity contribution is 7.98. The highest BCUT2D eigenvalue weighted by Crippen LogP contribution is 2.22. The molecular weight excluding hydrogens is 292 g/mol. The standard InChI is InChI=1S/C18H28N2OS/c1-4-20(5-2)18(21)16-7-6-12-19(14-16)13-15-8-10-17(22-3)11-9-15/h8-11,16H,4-7,12-14H2,1-3H3/t16-/m0/s1. The van der Waals surface area contributed by atoms with Crippen molar-refractivity contribution in [2.75, 3.05) is 32.4 Å². The zero-order valence-corrected chi connectivity index (χ0v) is 14.9. The molecule has 1 amide bonds. The highest BCUT2D eigenvalue weighted by Gasteiger charge is 2.28. The zero-order valence-electron chi connectivity index (χ0n) is 14.0. The number of nitrogens with zero attached hydrogens (tertiary/aromatic N) is 2. The van der Waals surface area contributed by atoms with E-state index < -0.39 is 0 Å². The molecule has 1 fully saturated rings. The number of piperidine rings is 1. The van der Waals surface area contributed by atoms with E-state index in [-0.39, 0.29) is 5.92 Å². The third-order valence-electron chi connectivity index (χ3n) is 4.50. The van der Waals surface area contributed by atoms with E-state index in [1.54, 1.807) is 11.8 Å². The van der Waals surface area contributed by atoms with Gasteiger partial charge >= 0.3 is 0 Å². The van der Waals surface area contributed by atoms with Gasteiger partial charge in [-0.3, -0.25) is 9.69 Å². The molecule has 1 aromatic carbocycles. The first-order valence-corrected chi connectivity index (χ1v) is 9.54. The lowest BCUT2D eigenvalue weighted by Crippen LogP contribution is -2.44. The SMILES string of the molecule is CCN(CC)C(=O)[C@H]1CCCN(Cc2ccc(SC)cc2)C1. The predicted molar refractivity (Wildman–Crippen MR) is 94.2 cm³/mol. The maximum absolute atomic E-state index is 12.5. The van der Waals surface area contributed by atoms with Crippen molar-refractivity contribution < 1.29 is 4.79 Å². The molecule has 0 spiro atoms. The summed E-state index contributed by atoms with van der Waals surface area (Å²) in [5.74, 6) is 0.520. The molecule has 4 heteroatoms. The Kier molecular flexibility index (Phi) is 6.77. The molecule has 2 rings (SSSR count). The number of carbonyl (C=O) groups is 1. The van der Waals surface area contributed by atoms with Crippen LogP contribution in [0.1, 0.15) is 32.3 Å². The van der Waals surface area contributed by atoms with Crippen molar-refractivity contribution in [2.24, 2.45) is 5.92 Å². The molecule has 0 aromatic heterocycles. The maximum atomic E-state index is 12.5. The highest BCUT2D eigenvalue weighted by atomic mass is 32.2. The Bertz CT molecular complexity index is 470. The van der Waals surface area contributed by atoms with Crippen LogP contribution in [-0.4, -0.2) is 48.1 Å². The second-order valence-electron chi connectivity index (χ2n) is 5.93. The van der Waals surface area contributed by atoms with Gasteiger partial charge in [0.2, 0.25) is 5.91 Å². The summed E-state index contributed by atoms with van der Waals surface area (Å²) in [6.07, 6.45) is 4.26. The number of carbonyl (C=O) groups excluding carboxylic acids is 1. The lowest BCUT2D eigenvalue weighted by Gasteiger charge is -2.34. The van der Waals surface area contributed by atoms with Crippen LogP contribution >= 0.6 is 11.8 Å². The van der Waals surface area contributed by atoms with Crippen LogP contribution in [-0.2, 0) is 11.3 Å². The van der Waals surface area contributed by atoms with Gasteiger partial charge in [-0.25, -0.2) is 0 Å². The monoisotopic (exact) mass is 320 g/mol. The lowest BCUT2D eigenvalue weighted by atomic mass is 9.96. The predicted octanol–water partition coefficient (Wildman–Crippen LogP) is 3.49. The van der Waals surface area contributed by atoms with Crippen molar-refractivity contribution in [1.82, 2.24) is 9.80 Å². The summed E-state index contributed by atoms with van der Waals surface area (Å²) in [5, 5.41) is 0. The number of rotatable bonds is 6. The molecule has 0 saturated carbocycles. The fourth-order valence-electron chi connectivity index (χ4n) is 3.18.